The molecular weight excluding hydrogens is 1320 g/mol. The van der Waals surface area contributed by atoms with Crippen LogP contribution in [-0.2, 0) is 64.0 Å². The van der Waals surface area contributed by atoms with Gasteiger partial charge in [0, 0.05) is 64.1 Å². The van der Waals surface area contributed by atoms with Crippen molar-refractivity contribution in [3.63, 3.8) is 0 Å². The fourth-order valence-electron chi connectivity index (χ4n) is 12.5. The molecular formula is C72H111N13O15S. The number of thioether (sulfide) groups is 1. The van der Waals surface area contributed by atoms with Crippen molar-refractivity contribution in [1.29, 1.82) is 0 Å². The molecule has 101 heavy (non-hydrogen) atoms. The molecule has 0 saturated carbocycles. The molecule has 29 heteroatoms. The Morgan fingerprint density at radius 3 is 1.88 bits per heavy atom. The van der Waals surface area contributed by atoms with E-state index in [9.17, 15) is 62.6 Å². The van der Waals surface area contributed by atoms with Gasteiger partial charge in [0.25, 0.3) is 0 Å². The van der Waals surface area contributed by atoms with E-state index in [1.807, 2.05) is 50.8 Å². The molecule has 0 aliphatic carbocycles. The van der Waals surface area contributed by atoms with Crippen molar-refractivity contribution < 1.29 is 72.1 Å². The number of urea groups is 1. The van der Waals surface area contributed by atoms with Gasteiger partial charge in [-0.3, -0.25) is 52.8 Å². The first kappa shape index (κ1) is 84.8. The highest BCUT2D eigenvalue weighted by molar-refractivity contribution is 7.99. The third-order valence-electron chi connectivity index (χ3n) is 18.8. The molecule has 12 atom stereocenters. The van der Waals surface area contributed by atoms with Gasteiger partial charge in [-0.2, -0.15) is 11.8 Å². The Morgan fingerprint density at radius 2 is 1.33 bits per heavy atom. The molecule has 2 heterocycles. The highest BCUT2D eigenvalue weighted by Crippen LogP contribution is 2.32. The van der Waals surface area contributed by atoms with E-state index in [0.717, 1.165) is 30.3 Å². The highest BCUT2D eigenvalue weighted by atomic mass is 32.2. The van der Waals surface area contributed by atoms with Gasteiger partial charge in [0.05, 0.1) is 56.5 Å². The minimum Gasteiger partial charge on any atom is -0.445 e. The summed E-state index contributed by atoms with van der Waals surface area (Å²) in [6, 6.07) is 8.87. The number of anilines is 1. The zero-order chi connectivity index (χ0) is 75.5. The van der Waals surface area contributed by atoms with Crippen molar-refractivity contribution >= 4 is 88.6 Å². The van der Waals surface area contributed by atoms with Gasteiger partial charge < -0.3 is 76.7 Å². The van der Waals surface area contributed by atoms with Crippen molar-refractivity contribution in [2.45, 2.75) is 182 Å². The van der Waals surface area contributed by atoms with Gasteiger partial charge in [0.1, 0.15) is 30.8 Å². The summed E-state index contributed by atoms with van der Waals surface area (Å²) in [5.41, 5.74) is 6.78. The fraction of sp³-hybridized carbons (Fsp3) is 0.611. The summed E-state index contributed by atoms with van der Waals surface area (Å²) in [5, 5.41) is 27.6. The lowest BCUT2D eigenvalue weighted by Gasteiger charge is -2.41. The van der Waals surface area contributed by atoms with Crippen molar-refractivity contribution in [2.75, 3.05) is 71.1 Å². The second-order valence-electron chi connectivity index (χ2n) is 27.3. The zero-order valence-corrected chi connectivity index (χ0v) is 62.2. The van der Waals surface area contributed by atoms with Crippen molar-refractivity contribution in [1.82, 2.24) is 56.0 Å². The number of likely N-dealkylation sites (tertiary alicyclic amines) is 1. The quantitative estimate of drug-likeness (QED) is 0.0321. The van der Waals surface area contributed by atoms with Gasteiger partial charge in [-0.25, -0.2) is 9.59 Å². The lowest BCUT2D eigenvalue weighted by Crippen LogP contribution is -2.60. The number of benzene rings is 2. The summed E-state index contributed by atoms with van der Waals surface area (Å²) in [6.45, 7) is 27.2. The number of rotatable bonds is 38. The van der Waals surface area contributed by atoms with Crippen LogP contribution in [0.4, 0.5) is 15.3 Å². The lowest BCUT2D eigenvalue weighted by molar-refractivity contribution is -0.154. The first-order valence-electron chi connectivity index (χ1n) is 34.7. The first-order valence-corrected chi connectivity index (χ1v) is 35.9. The number of methoxy groups -OCH3 is 1. The fourth-order valence-corrected chi connectivity index (χ4v) is 13.2. The van der Waals surface area contributed by atoms with Gasteiger partial charge in [-0.15, -0.1) is 0 Å². The molecule has 2 fully saturated rings. The Hall–Kier alpha value is -8.57. The van der Waals surface area contributed by atoms with Crippen LogP contribution in [0.15, 0.2) is 79.9 Å². The minimum absolute atomic E-state index is 0.0233. The van der Waals surface area contributed by atoms with Crippen LogP contribution in [0.25, 0.3) is 0 Å². The standard InChI is InChI=1S/C72H111N13O15S/c1-17-46(10)64(55(99-16)37-60(90)85-35-24-28-54(85)47(11)48(12)66(92)75-49(13)65(91)51-25-21-20-22-26-51)80(14)70(96)62(44(6)7)79-69(95)63(45(8)9)81(15)72(98)100-38-50-29-31-52(32-30-50)76-67(93)53(27-23-34-74-71(73)97)77-68(94)61(43(4)5)78-56(86)39-101-36-33-59(89)84-41-82(57(87)18-2)40-83(42-84)58(88)19-3/h18-22,25-26,29-32,43-49,53-55,61-65,91H,2-3,17,23-24,27-28,33-42H2,1,4-16H3,(H,75,92)(H,76,93)(H,77,94)(H,78,86)(H,79,95)(H3,73,74,97)/t46-,47-,48-,49-,53+,54+,55-,61+,62+,63+,64+,65-/m1/s1. The van der Waals surface area contributed by atoms with E-state index in [2.05, 4.69) is 45.1 Å². The number of nitrogens with zero attached hydrogens (tertiary/aromatic N) is 6. The van der Waals surface area contributed by atoms with Crippen LogP contribution < -0.4 is 37.6 Å². The van der Waals surface area contributed by atoms with E-state index in [1.165, 1.54) is 33.8 Å². The van der Waals surface area contributed by atoms with Crippen LogP contribution in [0.5, 0.6) is 0 Å². The normalized spacial score (nSPS) is 17.1. The number of hydrogen-bond acceptors (Lipinski definition) is 16. The average molecular weight is 1430 g/mol. The number of aliphatic hydroxyl groups excluding tert-OH is 1. The molecule has 0 spiro atoms. The maximum absolute atomic E-state index is 14.8. The number of hydrogen-bond donors (Lipinski definition) is 8. The maximum Gasteiger partial charge on any atom is 0.410 e. The second kappa shape index (κ2) is 41.4. The summed E-state index contributed by atoms with van der Waals surface area (Å²) < 4.78 is 11.8. The molecule has 2 saturated heterocycles. The molecule has 2 aliphatic heterocycles. The summed E-state index contributed by atoms with van der Waals surface area (Å²) in [7, 11) is 4.58. The molecule has 4 rings (SSSR count). The third kappa shape index (κ3) is 25.2. The van der Waals surface area contributed by atoms with Crippen LogP contribution in [-0.4, -0.2) is 220 Å². The van der Waals surface area contributed by atoms with Crippen molar-refractivity contribution in [3.8, 4) is 0 Å². The number of primary amides is 1. The van der Waals surface area contributed by atoms with Gasteiger partial charge in [0.2, 0.25) is 59.1 Å². The predicted octanol–water partition coefficient (Wildman–Crippen LogP) is 5.08. The predicted molar refractivity (Wildman–Crippen MR) is 385 cm³/mol. The number of nitrogens with two attached hydrogens (primary N) is 1. The number of amides is 13. The Bertz CT molecular complexity index is 3130. The lowest BCUT2D eigenvalue weighted by atomic mass is 9.86. The number of aliphatic hydroxyl groups is 1. The molecule has 9 N–H and O–H groups in total. The third-order valence-corrected chi connectivity index (χ3v) is 19.8. The van der Waals surface area contributed by atoms with Gasteiger partial charge in [-0.1, -0.05) is 131 Å². The van der Waals surface area contributed by atoms with Crippen LogP contribution >= 0.6 is 11.8 Å². The van der Waals surface area contributed by atoms with Gasteiger partial charge in [-0.05, 0) is 97.6 Å². The van der Waals surface area contributed by atoms with E-state index >= 15 is 0 Å². The van der Waals surface area contributed by atoms with E-state index in [1.54, 1.807) is 96.8 Å². The van der Waals surface area contributed by atoms with E-state index < -0.39 is 126 Å². The second-order valence-corrected chi connectivity index (χ2v) is 28.4. The number of ether oxygens (including phenoxy) is 2. The molecule has 2 aromatic carbocycles. The number of likely N-dealkylation sites (N-methyl/N-ethyl adjacent to an activating group) is 2. The highest BCUT2D eigenvalue weighted by Gasteiger charge is 2.43. The number of carbonyl (C=O) groups is 12. The van der Waals surface area contributed by atoms with Gasteiger partial charge in [0.15, 0.2) is 0 Å². The van der Waals surface area contributed by atoms with Gasteiger partial charge >= 0.3 is 12.1 Å². The summed E-state index contributed by atoms with van der Waals surface area (Å²) >= 11 is 1.14. The SMILES string of the molecule is C=CC(=O)N1CN(C(=O)C=C)CN(C(=O)CCSCC(=O)N[C@H](C(=O)N[C@@H](CCCNC(N)=O)C(=O)Nc2ccc(COC(=O)N(C)[C@H](C(=O)N[C@H](C(=O)N(C)[C@@H]([C@H](C)CC)[C@@H](CC(=O)N3CCC[C@H]3[C@H](C)[C@@H](C)C(=O)N[C@H](C)[C@@H](O)c3ccccc3)OC)C(C)C)C(C)C)cc2)C(C)C)C1. The molecule has 560 valence electrons. The molecule has 0 unspecified atom stereocenters. The van der Waals surface area contributed by atoms with Crippen LogP contribution in [0, 0.1) is 35.5 Å². The monoisotopic (exact) mass is 1430 g/mol. The largest absolute Gasteiger partial charge is 0.445 e. The summed E-state index contributed by atoms with van der Waals surface area (Å²) in [6.07, 6.45) is 1.96. The van der Waals surface area contributed by atoms with Crippen LogP contribution in [0.2, 0.25) is 0 Å². The molecule has 2 aromatic rings. The Labute approximate surface area is 599 Å². The summed E-state index contributed by atoms with van der Waals surface area (Å²) in [5.74, 6) is -6.61. The number of carbonyl (C=O) groups excluding carboxylic acids is 12. The van der Waals surface area contributed by atoms with E-state index in [-0.39, 0.29) is 106 Å². The van der Waals surface area contributed by atoms with E-state index in [4.69, 9.17) is 15.2 Å². The average Bonchev–Trinajstić information content (AvgIpc) is 1.77. The molecule has 0 bridgehead atoms. The molecule has 0 radical (unpaired) electrons. The topological polar surface area (TPSA) is 361 Å². The Morgan fingerprint density at radius 1 is 0.723 bits per heavy atom. The zero-order valence-electron chi connectivity index (χ0n) is 61.4. The summed E-state index contributed by atoms with van der Waals surface area (Å²) in [4.78, 5) is 170. The Kier molecular flexibility index (Phi) is 34.8. The molecule has 28 nitrogen and oxygen atoms in total. The number of nitrogens with one attached hydrogen (secondary N) is 6. The first-order chi connectivity index (χ1) is 47.7. The van der Waals surface area contributed by atoms with Crippen LogP contribution in [0.1, 0.15) is 138 Å². The van der Waals surface area contributed by atoms with Crippen LogP contribution in [0.3, 0.4) is 0 Å². The smallest absolute Gasteiger partial charge is 0.410 e. The Balaban J connectivity index is 1.36. The molecule has 0 aromatic heterocycles. The van der Waals surface area contributed by atoms with Crippen molar-refractivity contribution in [3.05, 3.63) is 91.0 Å². The molecule has 2 aliphatic rings. The minimum atomic E-state index is -1.16. The van der Waals surface area contributed by atoms with E-state index in [0.29, 0.717) is 36.2 Å². The van der Waals surface area contributed by atoms with Crippen molar-refractivity contribution in [2.24, 2.45) is 41.2 Å². The molecule has 13 amide bonds. The maximum atomic E-state index is 14.8.